The van der Waals surface area contributed by atoms with Gasteiger partial charge < -0.3 is 19.4 Å². The summed E-state index contributed by atoms with van der Waals surface area (Å²) in [5, 5.41) is 2.74. The molecule has 3 rings (SSSR count). The number of rotatable bonds is 7. The average molecular weight is 429 g/mol. The maximum absolute atomic E-state index is 12.4. The minimum atomic E-state index is -0.727. The number of ether oxygens (including phenoxy) is 2. The minimum Gasteiger partial charge on any atom is -0.496 e. The van der Waals surface area contributed by atoms with E-state index in [4.69, 9.17) is 9.47 Å². The Morgan fingerprint density at radius 1 is 1.16 bits per heavy atom. The molecule has 11 nitrogen and oxygen atoms in total. The summed E-state index contributed by atoms with van der Waals surface area (Å²) >= 11 is 0. The summed E-state index contributed by atoms with van der Waals surface area (Å²) < 4.78 is 13.7. The highest BCUT2D eigenvalue weighted by Crippen LogP contribution is 2.24. The van der Waals surface area contributed by atoms with Gasteiger partial charge >= 0.3 is 11.7 Å². The van der Waals surface area contributed by atoms with Crippen molar-refractivity contribution in [1.29, 1.82) is 0 Å². The number of aromatic nitrogens is 4. The number of carbonyl (C=O) groups excluding carboxylic acids is 2. The fourth-order valence-electron chi connectivity index (χ4n) is 3.23. The Morgan fingerprint density at radius 2 is 1.87 bits per heavy atom. The molecule has 0 aliphatic heterocycles. The number of para-hydroxylation sites is 1. The third kappa shape index (κ3) is 4.34. The molecule has 3 aromatic rings. The number of nitrogens with one attached hydrogen (secondary N) is 1. The van der Waals surface area contributed by atoms with Crippen LogP contribution in [0, 0.1) is 0 Å². The number of esters is 1. The van der Waals surface area contributed by atoms with Crippen LogP contribution in [0.25, 0.3) is 11.2 Å². The van der Waals surface area contributed by atoms with Gasteiger partial charge in [-0.05, 0) is 13.0 Å². The van der Waals surface area contributed by atoms with E-state index in [9.17, 15) is 19.2 Å². The van der Waals surface area contributed by atoms with E-state index >= 15 is 0 Å². The largest absolute Gasteiger partial charge is 0.496 e. The molecule has 0 spiro atoms. The number of imidazole rings is 1. The van der Waals surface area contributed by atoms with E-state index < -0.39 is 29.7 Å². The van der Waals surface area contributed by atoms with Crippen molar-refractivity contribution in [3.05, 3.63) is 57.0 Å². The number of amides is 1. The molecule has 31 heavy (non-hydrogen) atoms. The van der Waals surface area contributed by atoms with Gasteiger partial charge in [0, 0.05) is 19.7 Å². The maximum Gasteiger partial charge on any atom is 0.332 e. The van der Waals surface area contributed by atoms with Gasteiger partial charge in [0.25, 0.3) is 11.5 Å². The van der Waals surface area contributed by atoms with Gasteiger partial charge in [-0.1, -0.05) is 18.2 Å². The van der Waals surface area contributed by atoms with E-state index in [1.165, 1.54) is 29.6 Å². The molecule has 0 fully saturated rings. The zero-order valence-electron chi connectivity index (χ0n) is 17.6. The van der Waals surface area contributed by atoms with Crippen molar-refractivity contribution in [2.75, 3.05) is 13.7 Å². The first-order chi connectivity index (χ1) is 14.7. The van der Waals surface area contributed by atoms with Gasteiger partial charge in [0.05, 0.1) is 19.5 Å². The molecule has 1 aromatic carbocycles. The Labute approximate surface area is 176 Å². The monoisotopic (exact) mass is 429 g/mol. The lowest BCUT2D eigenvalue weighted by molar-refractivity contribution is -0.149. The fourth-order valence-corrected chi connectivity index (χ4v) is 3.23. The van der Waals surface area contributed by atoms with E-state index in [1.807, 2.05) is 18.2 Å². The Bertz CT molecular complexity index is 1260. The van der Waals surface area contributed by atoms with Crippen LogP contribution < -0.4 is 21.3 Å². The highest BCUT2D eigenvalue weighted by Gasteiger charge is 2.18. The molecule has 1 N–H and O–H groups in total. The maximum atomic E-state index is 12.4. The first-order valence-corrected chi connectivity index (χ1v) is 9.43. The van der Waals surface area contributed by atoms with Crippen LogP contribution in [0.15, 0.2) is 40.2 Å². The quantitative estimate of drug-likeness (QED) is 0.518. The minimum absolute atomic E-state index is 0.0933. The summed E-state index contributed by atoms with van der Waals surface area (Å²) in [6.45, 7) is 0.968. The van der Waals surface area contributed by atoms with Gasteiger partial charge in [-0.25, -0.2) is 9.78 Å². The number of hydrogen-bond donors (Lipinski definition) is 1. The van der Waals surface area contributed by atoms with Crippen LogP contribution in [0.2, 0.25) is 0 Å². The lowest BCUT2D eigenvalue weighted by Crippen LogP contribution is -2.37. The predicted octanol–water partition coefficient (Wildman–Crippen LogP) is -0.137. The Balaban J connectivity index is 1.64. The topological polar surface area (TPSA) is 126 Å². The van der Waals surface area contributed by atoms with Crippen molar-refractivity contribution in [2.24, 2.45) is 14.1 Å². The Morgan fingerprint density at radius 3 is 2.58 bits per heavy atom. The molecule has 2 aromatic heterocycles. The molecule has 0 saturated carbocycles. The first kappa shape index (κ1) is 21.8. The van der Waals surface area contributed by atoms with Crippen molar-refractivity contribution in [1.82, 2.24) is 24.0 Å². The molecule has 0 radical (unpaired) electrons. The first-order valence-electron chi connectivity index (χ1n) is 9.43. The molecular formula is C20H23N5O6. The summed E-state index contributed by atoms with van der Waals surface area (Å²) in [6, 6.07) is 6.91. The van der Waals surface area contributed by atoms with Crippen LogP contribution in [0.1, 0.15) is 18.5 Å². The van der Waals surface area contributed by atoms with Crippen LogP contribution in [0.4, 0.5) is 0 Å². The van der Waals surface area contributed by atoms with Crippen molar-refractivity contribution < 1.29 is 19.1 Å². The van der Waals surface area contributed by atoms with Crippen LogP contribution in [0.5, 0.6) is 5.75 Å². The molecule has 0 aliphatic rings. The molecule has 0 bridgehead atoms. The second-order valence-corrected chi connectivity index (χ2v) is 6.94. The van der Waals surface area contributed by atoms with Crippen molar-refractivity contribution in [2.45, 2.75) is 19.5 Å². The normalized spacial score (nSPS) is 11.9. The lowest BCUT2D eigenvalue weighted by Gasteiger charge is -2.17. The summed E-state index contributed by atoms with van der Waals surface area (Å²) in [6.07, 6.45) is 1.27. The highest BCUT2D eigenvalue weighted by molar-refractivity contribution is 5.81. The van der Waals surface area contributed by atoms with Gasteiger partial charge in [0.1, 0.15) is 12.3 Å². The van der Waals surface area contributed by atoms with E-state index in [2.05, 4.69) is 10.3 Å². The fraction of sp³-hybridized carbons (Fsp3) is 0.350. The zero-order valence-corrected chi connectivity index (χ0v) is 17.6. The molecule has 1 atom stereocenters. The van der Waals surface area contributed by atoms with Gasteiger partial charge in [-0.15, -0.1) is 0 Å². The lowest BCUT2D eigenvalue weighted by atomic mass is 10.1. The van der Waals surface area contributed by atoms with Gasteiger partial charge in [-0.2, -0.15) is 0 Å². The number of carbonyl (C=O) groups is 2. The van der Waals surface area contributed by atoms with Gasteiger partial charge in [0.2, 0.25) is 0 Å². The van der Waals surface area contributed by atoms with Crippen molar-refractivity contribution >= 4 is 23.0 Å². The van der Waals surface area contributed by atoms with Crippen molar-refractivity contribution in [3.8, 4) is 5.75 Å². The Hall–Kier alpha value is -3.89. The van der Waals surface area contributed by atoms with E-state index in [0.29, 0.717) is 5.75 Å². The number of hydrogen-bond acceptors (Lipinski definition) is 7. The average Bonchev–Trinajstić information content (AvgIpc) is 3.18. The summed E-state index contributed by atoms with van der Waals surface area (Å²) in [4.78, 5) is 52.8. The molecule has 0 aliphatic carbocycles. The second-order valence-electron chi connectivity index (χ2n) is 6.94. The molecule has 1 amide bonds. The molecule has 2 heterocycles. The molecule has 1 unspecified atom stereocenters. The third-order valence-corrected chi connectivity index (χ3v) is 4.86. The van der Waals surface area contributed by atoms with Crippen LogP contribution in [0.3, 0.4) is 0 Å². The summed E-state index contributed by atoms with van der Waals surface area (Å²) in [5.74, 6) is -0.578. The molecular weight excluding hydrogens is 406 g/mol. The number of benzene rings is 1. The number of methoxy groups -OCH3 is 1. The molecule has 0 saturated heterocycles. The standard InChI is InChI=1S/C20H23N5O6/c1-12(13-7-5-6-8-14(13)30-4)22-15(26)10-31-16(27)9-25-11-21-18-17(25)19(28)24(3)20(29)23(18)2/h5-8,11-12H,9-10H2,1-4H3,(H,22,26). The van der Waals surface area contributed by atoms with Crippen molar-refractivity contribution in [3.63, 3.8) is 0 Å². The number of fused-ring (bicyclic) bond motifs is 1. The molecule has 11 heteroatoms. The molecule has 164 valence electrons. The summed E-state index contributed by atoms with van der Waals surface area (Å²) in [7, 11) is 4.36. The second kappa shape index (κ2) is 8.86. The third-order valence-electron chi connectivity index (χ3n) is 4.86. The van der Waals surface area contributed by atoms with Gasteiger partial charge in [0.15, 0.2) is 17.8 Å². The van der Waals surface area contributed by atoms with E-state index in [0.717, 1.165) is 10.1 Å². The Kier molecular flexibility index (Phi) is 6.23. The van der Waals surface area contributed by atoms with E-state index in [-0.39, 0.29) is 23.8 Å². The number of nitrogens with zero attached hydrogens (tertiary/aromatic N) is 4. The smallest absolute Gasteiger partial charge is 0.332 e. The SMILES string of the molecule is COc1ccccc1C(C)NC(=O)COC(=O)Cn1cnc2c1c(=O)n(C)c(=O)n2C. The van der Waals surface area contributed by atoms with Crippen LogP contribution in [-0.4, -0.2) is 44.3 Å². The van der Waals surface area contributed by atoms with Crippen LogP contribution in [-0.2, 0) is 35.0 Å². The summed E-state index contributed by atoms with van der Waals surface area (Å²) in [5.41, 5.74) is -0.0611. The zero-order chi connectivity index (χ0) is 22.7. The van der Waals surface area contributed by atoms with Gasteiger partial charge in [-0.3, -0.25) is 23.5 Å². The highest BCUT2D eigenvalue weighted by atomic mass is 16.5. The van der Waals surface area contributed by atoms with E-state index in [1.54, 1.807) is 20.1 Å². The van der Waals surface area contributed by atoms with Crippen LogP contribution >= 0.6 is 0 Å². The number of aryl methyl sites for hydroxylation is 1. The predicted molar refractivity (Wildman–Crippen MR) is 111 cm³/mol.